The summed E-state index contributed by atoms with van der Waals surface area (Å²) in [4.78, 5) is 23.3. The first kappa shape index (κ1) is 18.5. The van der Waals surface area contributed by atoms with Gasteiger partial charge in [-0.2, -0.15) is 0 Å². The molecule has 3 N–H and O–H groups in total. The van der Waals surface area contributed by atoms with E-state index in [2.05, 4.69) is 16.0 Å². The first-order valence-electron chi connectivity index (χ1n) is 8.30. The molecule has 0 spiro atoms. The number of carbonyl (C=O) groups is 1. The Bertz CT molecular complexity index is 910. The molecular weight excluding hydrogens is 364 g/mol. The number of carbonyl (C=O) groups excluding carboxylic acids is 1. The van der Waals surface area contributed by atoms with Gasteiger partial charge in [0.25, 0.3) is 11.6 Å². The van der Waals surface area contributed by atoms with E-state index in [1.807, 2.05) is 30.3 Å². The smallest absolute Gasteiger partial charge is 0.269 e. The summed E-state index contributed by atoms with van der Waals surface area (Å²) in [5, 5.41) is 20.2. The van der Waals surface area contributed by atoms with Gasteiger partial charge in [-0.05, 0) is 42.4 Å². The molecule has 138 valence electrons. The first-order chi connectivity index (χ1) is 13.0. The Morgan fingerprint density at radius 1 is 1.19 bits per heavy atom. The zero-order chi connectivity index (χ0) is 19.4. The van der Waals surface area contributed by atoms with Crippen molar-refractivity contribution < 1.29 is 9.72 Å². The van der Waals surface area contributed by atoms with Gasteiger partial charge >= 0.3 is 0 Å². The average molecular weight is 382 g/mol. The van der Waals surface area contributed by atoms with Gasteiger partial charge in [-0.1, -0.05) is 30.3 Å². The van der Waals surface area contributed by atoms with Crippen molar-refractivity contribution in [2.75, 3.05) is 0 Å². The molecule has 1 amide bonds. The number of non-ortho nitro benzene ring substituents is 1. The van der Waals surface area contributed by atoms with Crippen molar-refractivity contribution in [3.05, 3.63) is 87.1 Å². The maximum absolute atomic E-state index is 12.8. The lowest BCUT2D eigenvalue weighted by Gasteiger charge is -2.30. The standard InChI is InChI=1S/C19H18N4O3S/c1-12-16(18(24)20-11-13-5-3-2-4-6-13)17(22-19(27)21-12)14-7-9-15(10-8-14)23(25)26/h2-10,17H,11H2,1H3,(H,20,24)(H2,21,22,27). The maximum Gasteiger partial charge on any atom is 0.269 e. The summed E-state index contributed by atoms with van der Waals surface area (Å²) in [6.07, 6.45) is 0. The monoisotopic (exact) mass is 382 g/mol. The minimum absolute atomic E-state index is 0.00829. The van der Waals surface area contributed by atoms with Crippen LogP contribution in [0.2, 0.25) is 0 Å². The van der Waals surface area contributed by atoms with Gasteiger partial charge in [0.15, 0.2) is 5.11 Å². The number of benzene rings is 2. The van der Waals surface area contributed by atoms with Crippen LogP contribution in [0, 0.1) is 10.1 Å². The Morgan fingerprint density at radius 2 is 1.85 bits per heavy atom. The summed E-state index contributed by atoms with van der Waals surface area (Å²) in [5.41, 5.74) is 2.84. The molecule has 0 fully saturated rings. The van der Waals surface area contributed by atoms with Crippen molar-refractivity contribution in [2.45, 2.75) is 19.5 Å². The number of nitro benzene ring substituents is 1. The van der Waals surface area contributed by atoms with Gasteiger partial charge in [-0.3, -0.25) is 14.9 Å². The van der Waals surface area contributed by atoms with Crippen LogP contribution in [0.3, 0.4) is 0 Å². The second-order valence-electron chi connectivity index (χ2n) is 6.09. The van der Waals surface area contributed by atoms with E-state index in [0.29, 0.717) is 28.5 Å². The second kappa shape index (κ2) is 7.96. The third-order valence-electron chi connectivity index (χ3n) is 4.25. The summed E-state index contributed by atoms with van der Waals surface area (Å²) in [5.74, 6) is -0.234. The van der Waals surface area contributed by atoms with Crippen LogP contribution in [-0.4, -0.2) is 15.9 Å². The van der Waals surface area contributed by atoms with Gasteiger partial charge in [0, 0.05) is 24.4 Å². The van der Waals surface area contributed by atoms with E-state index >= 15 is 0 Å². The molecule has 1 aliphatic heterocycles. The van der Waals surface area contributed by atoms with Gasteiger partial charge in [-0.15, -0.1) is 0 Å². The molecule has 1 unspecified atom stereocenters. The normalized spacial score (nSPS) is 16.3. The van der Waals surface area contributed by atoms with Crippen molar-refractivity contribution in [1.29, 1.82) is 0 Å². The SMILES string of the molecule is CC1=C(C(=O)NCc2ccccc2)C(c2ccc([N+](=O)[O-])cc2)NC(=S)N1. The Kier molecular flexibility index (Phi) is 5.46. The molecule has 3 rings (SSSR count). The quantitative estimate of drug-likeness (QED) is 0.418. The lowest BCUT2D eigenvalue weighted by molar-refractivity contribution is -0.384. The van der Waals surface area contributed by atoms with Crippen molar-refractivity contribution in [1.82, 2.24) is 16.0 Å². The zero-order valence-corrected chi connectivity index (χ0v) is 15.4. The highest BCUT2D eigenvalue weighted by Gasteiger charge is 2.30. The third-order valence-corrected chi connectivity index (χ3v) is 4.47. The maximum atomic E-state index is 12.8. The molecule has 1 aliphatic rings. The van der Waals surface area contributed by atoms with Crippen LogP contribution in [0.5, 0.6) is 0 Å². The number of amides is 1. The minimum atomic E-state index is -0.490. The summed E-state index contributed by atoms with van der Waals surface area (Å²) in [7, 11) is 0. The summed E-state index contributed by atoms with van der Waals surface area (Å²) in [6, 6.07) is 15.2. The van der Waals surface area contributed by atoms with E-state index < -0.39 is 11.0 Å². The fourth-order valence-electron chi connectivity index (χ4n) is 2.91. The number of hydrogen-bond acceptors (Lipinski definition) is 4. The number of nitrogens with zero attached hydrogens (tertiary/aromatic N) is 1. The highest BCUT2D eigenvalue weighted by Crippen LogP contribution is 2.28. The number of nitrogens with one attached hydrogen (secondary N) is 3. The summed E-state index contributed by atoms with van der Waals surface area (Å²) < 4.78 is 0. The van der Waals surface area contributed by atoms with Crippen LogP contribution in [0.15, 0.2) is 65.9 Å². The van der Waals surface area contributed by atoms with E-state index in [4.69, 9.17) is 12.2 Å². The van der Waals surface area contributed by atoms with Crippen LogP contribution in [0.1, 0.15) is 24.1 Å². The lowest BCUT2D eigenvalue weighted by atomic mass is 9.94. The molecule has 0 bridgehead atoms. The van der Waals surface area contributed by atoms with Crippen LogP contribution >= 0.6 is 12.2 Å². The van der Waals surface area contributed by atoms with Gasteiger partial charge in [0.1, 0.15) is 0 Å². The molecule has 1 heterocycles. The Hall–Kier alpha value is -3.26. The lowest BCUT2D eigenvalue weighted by Crippen LogP contribution is -2.46. The summed E-state index contributed by atoms with van der Waals surface area (Å²) >= 11 is 5.21. The molecular formula is C19H18N4O3S. The van der Waals surface area contributed by atoms with Gasteiger partial charge in [0.2, 0.25) is 0 Å². The molecule has 0 aliphatic carbocycles. The molecule has 2 aromatic carbocycles. The molecule has 8 heteroatoms. The first-order valence-corrected chi connectivity index (χ1v) is 8.71. The Balaban J connectivity index is 1.85. The van der Waals surface area contributed by atoms with E-state index in [0.717, 1.165) is 5.56 Å². The Labute approximate surface area is 161 Å². The number of thiocarbonyl (C=S) groups is 1. The largest absolute Gasteiger partial charge is 0.351 e. The summed E-state index contributed by atoms with van der Waals surface area (Å²) in [6.45, 7) is 2.18. The number of hydrogen-bond donors (Lipinski definition) is 3. The number of nitro groups is 1. The van der Waals surface area contributed by atoms with E-state index in [9.17, 15) is 14.9 Å². The van der Waals surface area contributed by atoms with Crippen molar-refractivity contribution in [2.24, 2.45) is 0 Å². The molecule has 0 saturated carbocycles. The molecule has 2 aromatic rings. The van der Waals surface area contributed by atoms with Crippen LogP contribution in [-0.2, 0) is 11.3 Å². The van der Waals surface area contributed by atoms with Crippen molar-refractivity contribution in [3.63, 3.8) is 0 Å². The average Bonchev–Trinajstić information content (AvgIpc) is 2.66. The van der Waals surface area contributed by atoms with Crippen LogP contribution in [0.4, 0.5) is 5.69 Å². The van der Waals surface area contributed by atoms with E-state index in [-0.39, 0.29) is 11.6 Å². The van der Waals surface area contributed by atoms with Crippen molar-refractivity contribution in [3.8, 4) is 0 Å². The molecule has 27 heavy (non-hydrogen) atoms. The highest BCUT2D eigenvalue weighted by molar-refractivity contribution is 7.80. The zero-order valence-electron chi connectivity index (χ0n) is 14.6. The van der Waals surface area contributed by atoms with Crippen LogP contribution < -0.4 is 16.0 Å². The molecule has 0 radical (unpaired) electrons. The topological polar surface area (TPSA) is 96.3 Å². The third kappa shape index (κ3) is 4.29. The van der Waals surface area contributed by atoms with Crippen molar-refractivity contribution >= 4 is 28.9 Å². The second-order valence-corrected chi connectivity index (χ2v) is 6.50. The number of allylic oxidation sites excluding steroid dienone is 1. The highest BCUT2D eigenvalue weighted by atomic mass is 32.1. The van der Waals surface area contributed by atoms with Gasteiger partial charge in [0.05, 0.1) is 16.5 Å². The predicted molar refractivity (Wildman–Crippen MR) is 106 cm³/mol. The van der Waals surface area contributed by atoms with Gasteiger partial charge in [-0.25, -0.2) is 0 Å². The fraction of sp³-hybridized carbons (Fsp3) is 0.158. The van der Waals surface area contributed by atoms with E-state index in [1.165, 1.54) is 12.1 Å². The molecule has 1 atom stereocenters. The molecule has 0 aromatic heterocycles. The van der Waals surface area contributed by atoms with Crippen LogP contribution in [0.25, 0.3) is 0 Å². The predicted octanol–water partition coefficient (Wildman–Crippen LogP) is 2.70. The molecule has 7 nitrogen and oxygen atoms in total. The van der Waals surface area contributed by atoms with Gasteiger partial charge < -0.3 is 16.0 Å². The number of rotatable bonds is 5. The fourth-order valence-corrected chi connectivity index (χ4v) is 3.18. The molecule has 0 saturated heterocycles. The van der Waals surface area contributed by atoms with E-state index in [1.54, 1.807) is 19.1 Å². The Morgan fingerprint density at radius 3 is 2.48 bits per heavy atom. The minimum Gasteiger partial charge on any atom is -0.351 e.